The second-order valence-corrected chi connectivity index (χ2v) is 3.52. The minimum absolute atomic E-state index is 0.0653. The molecule has 0 aliphatic carbocycles. The molecule has 7 nitrogen and oxygen atoms in total. The van der Waals surface area contributed by atoms with E-state index in [9.17, 15) is 10.1 Å². The van der Waals surface area contributed by atoms with Gasteiger partial charge in [0.25, 0.3) is 5.69 Å². The van der Waals surface area contributed by atoms with Gasteiger partial charge < -0.3 is 10.3 Å². The molecule has 1 heterocycles. The van der Waals surface area contributed by atoms with Crippen LogP contribution in [0.4, 0.5) is 5.69 Å². The average Bonchev–Trinajstić information content (AvgIpc) is 2.78. The highest BCUT2D eigenvalue weighted by molar-refractivity contribution is 5.67. The zero-order valence-corrected chi connectivity index (χ0v) is 9.03. The molecular formula is C10H10N4O3. The van der Waals surface area contributed by atoms with Gasteiger partial charge in [-0.05, 0) is 13.0 Å². The summed E-state index contributed by atoms with van der Waals surface area (Å²) in [5, 5.41) is 14.5. The molecule has 1 atom stereocenters. The van der Waals surface area contributed by atoms with Crippen molar-refractivity contribution in [1.82, 2.24) is 10.1 Å². The molecule has 0 saturated heterocycles. The average molecular weight is 234 g/mol. The smallest absolute Gasteiger partial charge is 0.280 e. The van der Waals surface area contributed by atoms with E-state index in [1.54, 1.807) is 25.1 Å². The number of nitrogens with two attached hydrogens (primary N) is 1. The molecular weight excluding hydrogens is 224 g/mol. The van der Waals surface area contributed by atoms with Gasteiger partial charge in [-0.1, -0.05) is 17.3 Å². The first-order valence-electron chi connectivity index (χ1n) is 4.92. The molecule has 1 aromatic carbocycles. The van der Waals surface area contributed by atoms with Crippen molar-refractivity contribution in [2.45, 2.75) is 13.0 Å². The van der Waals surface area contributed by atoms with Gasteiger partial charge in [0.2, 0.25) is 11.7 Å². The minimum atomic E-state index is -0.489. The molecule has 0 aliphatic heterocycles. The summed E-state index contributed by atoms with van der Waals surface area (Å²) in [5.74, 6) is 0.419. The topological polar surface area (TPSA) is 108 Å². The van der Waals surface area contributed by atoms with Crippen LogP contribution in [0.5, 0.6) is 0 Å². The van der Waals surface area contributed by atoms with E-state index in [1.807, 2.05) is 0 Å². The van der Waals surface area contributed by atoms with Crippen molar-refractivity contribution in [3.05, 3.63) is 40.3 Å². The van der Waals surface area contributed by atoms with Crippen LogP contribution in [0.3, 0.4) is 0 Å². The lowest BCUT2D eigenvalue weighted by atomic mass is 10.2. The molecule has 7 heteroatoms. The summed E-state index contributed by atoms with van der Waals surface area (Å²) in [6.07, 6.45) is 0. The number of aromatic nitrogens is 2. The normalized spacial score (nSPS) is 12.4. The Morgan fingerprint density at radius 2 is 2.18 bits per heavy atom. The van der Waals surface area contributed by atoms with E-state index < -0.39 is 11.0 Å². The van der Waals surface area contributed by atoms with Crippen molar-refractivity contribution in [2.75, 3.05) is 0 Å². The second-order valence-electron chi connectivity index (χ2n) is 3.52. The van der Waals surface area contributed by atoms with Crippen LogP contribution in [0.1, 0.15) is 18.9 Å². The second kappa shape index (κ2) is 4.30. The third kappa shape index (κ3) is 2.13. The molecule has 2 rings (SSSR count). The van der Waals surface area contributed by atoms with Gasteiger partial charge >= 0.3 is 0 Å². The van der Waals surface area contributed by atoms with Crippen LogP contribution < -0.4 is 5.73 Å². The zero-order valence-electron chi connectivity index (χ0n) is 9.03. The number of benzene rings is 1. The summed E-state index contributed by atoms with van der Waals surface area (Å²) in [5.41, 5.74) is 5.82. The van der Waals surface area contributed by atoms with E-state index in [0.717, 1.165) is 0 Å². The van der Waals surface area contributed by atoms with Crippen LogP contribution in [0, 0.1) is 10.1 Å². The predicted molar refractivity (Wildman–Crippen MR) is 59.0 cm³/mol. The fraction of sp³-hybridized carbons (Fsp3) is 0.200. The zero-order chi connectivity index (χ0) is 12.4. The largest absolute Gasteiger partial charge is 0.337 e. The summed E-state index contributed by atoms with van der Waals surface area (Å²) >= 11 is 0. The minimum Gasteiger partial charge on any atom is -0.337 e. The maximum absolute atomic E-state index is 10.8. The molecule has 0 amide bonds. The van der Waals surface area contributed by atoms with Crippen molar-refractivity contribution in [1.29, 1.82) is 0 Å². The van der Waals surface area contributed by atoms with Gasteiger partial charge in [-0.15, -0.1) is 0 Å². The first-order valence-corrected chi connectivity index (χ1v) is 4.92. The predicted octanol–water partition coefficient (Wildman–Crippen LogP) is 1.66. The summed E-state index contributed by atoms with van der Waals surface area (Å²) in [6, 6.07) is 5.79. The highest BCUT2D eigenvalue weighted by Gasteiger charge is 2.19. The molecule has 0 saturated carbocycles. The highest BCUT2D eigenvalue weighted by atomic mass is 16.6. The van der Waals surface area contributed by atoms with E-state index >= 15 is 0 Å². The molecule has 1 aromatic heterocycles. The van der Waals surface area contributed by atoms with E-state index in [-0.39, 0.29) is 17.4 Å². The van der Waals surface area contributed by atoms with Crippen LogP contribution in [-0.2, 0) is 0 Å². The van der Waals surface area contributed by atoms with Crippen molar-refractivity contribution in [3.63, 3.8) is 0 Å². The van der Waals surface area contributed by atoms with Gasteiger partial charge in [-0.3, -0.25) is 10.1 Å². The number of nitrogens with zero attached hydrogens (tertiary/aromatic N) is 3. The Bertz CT molecular complexity index is 550. The number of nitro groups is 1. The maximum Gasteiger partial charge on any atom is 0.280 e. The lowest BCUT2D eigenvalue weighted by Gasteiger charge is -1.96. The van der Waals surface area contributed by atoms with E-state index in [1.165, 1.54) is 6.07 Å². The summed E-state index contributed by atoms with van der Waals surface area (Å²) in [6.45, 7) is 1.69. The Kier molecular flexibility index (Phi) is 2.84. The molecule has 17 heavy (non-hydrogen) atoms. The highest BCUT2D eigenvalue weighted by Crippen LogP contribution is 2.27. The Labute approximate surface area is 96.4 Å². The monoisotopic (exact) mass is 234 g/mol. The number of para-hydroxylation sites is 1. The van der Waals surface area contributed by atoms with Gasteiger partial charge in [-0.25, -0.2) is 0 Å². The molecule has 0 fully saturated rings. The molecule has 2 aromatic rings. The number of hydrogen-bond donors (Lipinski definition) is 1. The Morgan fingerprint density at radius 3 is 2.76 bits per heavy atom. The van der Waals surface area contributed by atoms with Crippen LogP contribution in [0.15, 0.2) is 28.8 Å². The quantitative estimate of drug-likeness (QED) is 0.639. The summed E-state index contributed by atoms with van der Waals surface area (Å²) in [4.78, 5) is 14.4. The molecule has 0 bridgehead atoms. The third-order valence-electron chi connectivity index (χ3n) is 2.17. The fourth-order valence-corrected chi connectivity index (χ4v) is 1.35. The third-order valence-corrected chi connectivity index (χ3v) is 2.17. The molecule has 0 spiro atoms. The van der Waals surface area contributed by atoms with Gasteiger partial charge in [0, 0.05) is 6.07 Å². The van der Waals surface area contributed by atoms with Crippen LogP contribution in [0.25, 0.3) is 11.4 Å². The molecule has 88 valence electrons. The van der Waals surface area contributed by atoms with Crippen molar-refractivity contribution >= 4 is 5.69 Å². The maximum atomic E-state index is 10.8. The van der Waals surface area contributed by atoms with Gasteiger partial charge in [0.05, 0.1) is 11.0 Å². The molecule has 2 N–H and O–H groups in total. The van der Waals surface area contributed by atoms with Crippen LogP contribution in [0.2, 0.25) is 0 Å². The van der Waals surface area contributed by atoms with Crippen molar-refractivity contribution in [2.24, 2.45) is 5.73 Å². The van der Waals surface area contributed by atoms with Crippen LogP contribution in [-0.4, -0.2) is 15.1 Å². The molecule has 0 radical (unpaired) electrons. The van der Waals surface area contributed by atoms with E-state index in [0.29, 0.717) is 5.56 Å². The molecule has 0 unspecified atom stereocenters. The lowest BCUT2D eigenvalue weighted by molar-refractivity contribution is -0.384. The Hall–Kier alpha value is -2.28. The summed E-state index contributed by atoms with van der Waals surface area (Å²) in [7, 11) is 0. The number of hydrogen-bond acceptors (Lipinski definition) is 6. The first kappa shape index (κ1) is 11.2. The standard InChI is InChI=1S/C10H10N4O3/c1-6(11)10-12-9(13-17-10)7-4-2-3-5-8(7)14(15)16/h2-6H,11H2,1H3/t6-/m1/s1. The number of nitro benzene ring substituents is 1. The first-order chi connectivity index (χ1) is 8.09. The van der Waals surface area contributed by atoms with Gasteiger partial charge in [0.1, 0.15) is 5.56 Å². The Morgan fingerprint density at radius 1 is 1.47 bits per heavy atom. The van der Waals surface area contributed by atoms with E-state index in [4.69, 9.17) is 10.3 Å². The van der Waals surface area contributed by atoms with E-state index in [2.05, 4.69) is 10.1 Å². The Balaban J connectivity index is 2.49. The SMILES string of the molecule is C[C@@H](N)c1nc(-c2ccccc2[N+](=O)[O-])no1. The fourth-order valence-electron chi connectivity index (χ4n) is 1.35. The van der Waals surface area contributed by atoms with Crippen molar-refractivity contribution in [3.8, 4) is 11.4 Å². The van der Waals surface area contributed by atoms with Crippen molar-refractivity contribution < 1.29 is 9.45 Å². The summed E-state index contributed by atoms with van der Waals surface area (Å²) < 4.78 is 4.91. The number of rotatable bonds is 3. The lowest BCUT2D eigenvalue weighted by Crippen LogP contribution is -2.04. The molecule has 0 aliphatic rings. The van der Waals surface area contributed by atoms with Gasteiger partial charge in [-0.2, -0.15) is 4.98 Å². The van der Waals surface area contributed by atoms with Crippen LogP contribution >= 0.6 is 0 Å². The van der Waals surface area contributed by atoms with Gasteiger partial charge in [0.15, 0.2) is 0 Å².